The van der Waals surface area contributed by atoms with E-state index in [-0.39, 0.29) is 55.7 Å². The summed E-state index contributed by atoms with van der Waals surface area (Å²) in [4.78, 5) is 67.1. The highest BCUT2D eigenvalue weighted by molar-refractivity contribution is 6.22. The molecule has 3 heterocycles. The maximum atomic E-state index is 15.1. The highest BCUT2D eigenvalue weighted by Gasteiger charge is 2.38. The van der Waals surface area contributed by atoms with Gasteiger partial charge in [0, 0.05) is 38.8 Å². The number of imide groups is 1. The number of nitrogens with one attached hydrogen (secondary N) is 1. The highest BCUT2D eigenvalue weighted by Crippen LogP contribution is 2.29. The molecule has 1 atom stereocenters. The number of halogens is 1. The van der Waals surface area contributed by atoms with E-state index < -0.39 is 29.8 Å². The molecule has 39 heavy (non-hydrogen) atoms. The molecule has 2 saturated heterocycles. The number of carbonyl (C=O) groups excluding carboxylic acids is 5. The number of fused-ring (bicyclic) bond motifs is 1. The molecule has 0 bridgehead atoms. The number of hydrogen-bond donors (Lipinski definition) is 2. The summed E-state index contributed by atoms with van der Waals surface area (Å²) in [6, 6.07) is 8.88. The minimum Gasteiger partial charge on any atom is -0.442 e. The second kappa shape index (κ2) is 10.2. The first-order chi connectivity index (χ1) is 18.6. The van der Waals surface area contributed by atoms with Crippen LogP contribution in [0.25, 0.3) is 0 Å². The summed E-state index contributed by atoms with van der Waals surface area (Å²) in [6.45, 7) is 2.56. The zero-order chi connectivity index (χ0) is 27.8. The van der Waals surface area contributed by atoms with Gasteiger partial charge < -0.3 is 25.6 Å². The van der Waals surface area contributed by atoms with Crippen molar-refractivity contribution in [1.29, 1.82) is 0 Å². The van der Waals surface area contributed by atoms with Crippen LogP contribution >= 0.6 is 0 Å². The van der Waals surface area contributed by atoms with Crippen molar-refractivity contribution in [2.45, 2.75) is 13.0 Å². The molecule has 5 amide bonds. The molecule has 2 fully saturated rings. The van der Waals surface area contributed by atoms with Gasteiger partial charge in [0.25, 0.3) is 11.8 Å². The van der Waals surface area contributed by atoms with Gasteiger partial charge in [-0.3, -0.25) is 29.0 Å². The molecule has 12 nitrogen and oxygen atoms in total. The van der Waals surface area contributed by atoms with E-state index in [4.69, 9.17) is 10.5 Å². The fourth-order valence-corrected chi connectivity index (χ4v) is 4.90. The summed E-state index contributed by atoms with van der Waals surface area (Å²) in [5.41, 5.74) is 7.14. The Morgan fingerprint density at radius 1 is 1.03 bits per heavy atom. The molecule has 2 aromatic carbocycles. The van der Waals surface area contributed by atoms with Crippen molar-refractivity contribution in [1.82, 2.24) is 15.1 Å². The molecule has 3 N–H and O–H groups in total. The quantitative estimate of drug-likeness (QED) is 0.406. The number of nitrogen functional groups attached to an aromatic ring is 1. The number of cyclic esters (lactones) is 1. The van der Waals surface area contributed by atoms with Crippen molar-refractivity contribution in [3.8, 4) is 0 Å². The Kier molecular flexibility index (Phi) is 6.81. The lowest BCUT2D eigenvalue weighted by molar-refractivity contribution is -0.131. The normalized spacial score (nSPS) is 18.9. The molecule has 0 aliphatic carbocycles. The predicted molar refractivity (Wildman–Crippen MR) is 138 cm³/mol. The number of anilines is 3. The van der Waals surface area contributed by atoms with Crippen LogP contribution in [-0.2, 0) is 14.3 Å². The standard InChI is InChI=1S/C26H27FN6O6/c1-15(34)29-12-18-13-32(26(38)39-18)17-3-5-22(21(27)11-17)30-6-8-31(9-7-30)23(35)14-33-24(36)19-4-2-16(28)10-20(19)25(33)37/h2-5,10-11,18H,6-9,12-14,28H2,1H3,(H,29,34)/t18-/m0/s1. The van der Waals surface area contributed by atoms with Crippen LogP contribution in [0.15, 0.2) is 36.4 Å². The van der Waals surface area contributed by atoms with E-state index in [1.807, 2.05) is 0 Å². The lowest BCUT2D eigenvalue weighted by Crippen LogP contribution is -2.52. The Morgan fingerprint density at radius 2 is 1.74 bits per heavy atom. The fourth-order valence-electron chi connectivity index (χ4n) is 4.90. The van der Waals surface area contributed by atoms with Crippen molar-refractivity contribution in [3.05, 3.63) is 53.3 Å². The average Bonchev–Trinajstić information content (AvgIpc) is 3.39. The van der Waals surface area contributed by atoms with E-state index >= 15 is 4.39 Å². The van der Waals surface area contributed by atoms with Gasteiger partial charge in [0.2, 0.25) is 11.8 Å². The topological polar surface area (TPSA) is 146 Å². The van der Waals surface area contributed by atoms with Crippen molar-refractivity contribution < 1.29 is 33.1 Å². The Bertz CT molecular complexity index is 1370. The van der Waals surface area contributed by atoms with Crippen LogP contribution < -0.4 is 20.9 Å². The molecule has 3 aliphatic heterocycles. The second-order valence-corrected chi connectivity index (χ2v) is 9.56. The van der Waals surface area contributed by atoms with Crippen molar-refractivity contribution in [2.24, 2.45) is 0 Å². The fraction of sp³-hybridized carbons (Fsp3) is 0.346. The molecule has 0 unspecified atom stereocenters. The monoisotopic (exact) mass is 538 g/mol. The highest BCUT2D eigenvalue weighted by atomic mass is 19.1. The van der Waals surface area contributed by atoms with Gasteiger partial charge in [0.15, 0.2) is 0 Å². The molecule has 0 saturated carbocycles. The Hall–Kier alpha value is -4.68. The molecule has 0 radical (unpaired) electrons. The third-order valence-corrected chi connectivity index (χ3v) is 6.96. The molecule has 3 aliphatic rings. The van der Waals surface area contributed by atoms with Gasteiger partial charge in [-0.1, -0.05) is 0 Å². The summed E-state index contributed by atoms with van der Waals surface area (Å²) >= 11 is 0. The molecule has 2 aromatic rings. The van der Waals surface area contributed by atoms with Crippen molar-refractivity contribution in [3.63, 3.8) is 0 Å². The maximum absolute atomic E-state index is 15.1. The minimum absolute atomic E-state index is 0.169. The smallest absolute Gasteiger partial charge is 0.414 e. The van der Waals surface area contributed by atoms with Gasteiger partial charge in [0.05, 0.1) is 35.6 Å². The number of carbonyl (C=O) groups is 5. The lowest BCUT2D eigenvalue weighted by atomic mass is 10.1. The number of benzene rings is 2. The SMILES string of the molecule is CC(=O)NC[C@H]1CN(c2ccc(N3CCN(C(=O)CN4C(=O)c5ccc(N)cc5C4=O)CC3)c(F)c2)C(=O)O1. The van der Waals surface area contributed by atoms with Crippen LogP contribution in [0.2, 0.25) is 0 Å². The average molecular weight is 539 g/mol. The van der Waals surface area contributed by atoms with Gasteiger partial charge in [0.1, 0.15) is 18.5 Å². The molecule has 0 aromatic heterocycles. The van der Waals surface area contributed by atoms with E-state index in [1.54, 1.807) is 17.0 Å². The third kappa shape index (κ3) is 5.07. The number of piperazine rings is 1. The van der Waals surface area contributed by atoms with Crippen LogP contribution in [0, 0.1) is 5.82 Å². The Labute approximate surface area is 223 Å². The van der Waals surface area contributed by atoms with E-state index in [0.29, 0.717) is 30.2 Å². The first-order valence-electron chi connectivity index (χ1n) is 12.4. The zero-order valence-electron chi connectivity index (χ0n) is 21.2. The van der Waals surface area contributed by atoms with Crippen molar-refractivity contribution >= 4 is 46.8 Å². The van der Waals surface area contributed by atoms with Crippen molar-refractivity contribution in [2.75, 3.05) is 61.3 Å². The second-order valence-electron chi connectivity index (χ2n) is 9.56. The minimum atomic E-state index is -0.619. The number of rotatable bonds is 6. The lowest BCUT2D eigenvalue weighted by Gasteiger charge is -2.36. The number of ether oxygens (including phenoxy) is 1. The first kappa shape index (κ1) is 25.9. The molecule has 5 rings (SSSR count). The molecule has 0 spiro atoms. The van der Waals surface area contributed by atoms with Gasteiger partial charge >= 0.3 is 6.09 Å². The largest absolute Gasteiger partial charge is 0.442 e. The Morgan fingerprint density at radius 3 is 2.44 bits per heavy atom. The Balaban J connectivity index is 1.17. The summed E-state index contributed by atoms with van der Waals surface area (Å²) in [5, 5.41) is 2.59. The zero-order valence-corrected chi connectivity index (χ0v) is 21.2. The van der Waals surface area contributed by atoms with Crippen LogP contribution in [0.4, 0.5) is 26.2 Å². The third-order valence-electron chi connectivity index (χ3n) is 6.96. The summed E-state index contributed by atoms with van der Waals surface area (Å²) in [6.07, 6.45) is -1.15. The molecular formula is C26H27FN6O6. The predicted octanol–water partition coefficient (Wildman–Crippen LogP) is 0.814. The van der Waals surface area contributed by atoms with Gasteiger partial charge in [-0.05, 0) is 36.4 Å². The van der Waals surface area contributed by atoms with E-state index in [2.05, 4.69) is 5.32 Å². The number of amides is 5. The number of nitrogens with zero attached hydrogens (tertiary/aromatic N) is 4. The van der Waals surface area contributed by atoms with Crippen LogP contribution in [0.1, 0.15) is 27.6 Å². The number of nitrogens with two attached hydrogens (primary N) is 1. The van der Waals surface area contributed by atoms with E-state index in [9.17, 15) is 24.0 Å². The van der Waals surface area contributed by atoms with E-state index in [1.165, 1.54) is 41.0 Å². The van der Waals surface area contributed by atoms with Crippen LogP contribution in [0.5, 0.6) is 0 Å². The molecule has 204 valence electrons. The van der Waals surface area contributed by atoms with Gasteiger partial charge in [-0.15, -0.1) is 0 Å². The number of hydrogen-bond acceptors (Lipinski definition) is 8. The maximum Gasteiger partial charge on any atom is 0.414 e. The summed E-state index contributed by atoms with van der Waals surface area (Å²) in [5.74, 6) is -2.24. The van der Waals surface area contributed by atoms with E-state index in [0.717, 1.165) is 4.90 Å². The summed E-state index contributed by atoms with van der Waals surface area (Å²) in [7, 11) is 0. The van der Waals surface area contributed by atoms with Crippen LogP contribution in [-0.4, -0.2) is 91.4 Å². The summed E-state index contributed by atoms with van der Waals surface area (Å²) < 4.78 is 20.3. The van der Waals surface area contributed by atoms with Crippen LogP contribution in [0.3, 0.4) is 0 Å². The first-order valence-corrected chi connectivity index (χ1v) is 12.4. The van der Waals surface area contributed by atoms with Gasteiger partial charge in [-0.2, -0.15) is 0 Å². The molecule has 13 heteroatoms. The molecular weight excluding hydrogens is 511 g/mol. The van der Waals surface area contributed by atoms with Gasteiger partial charge in [-0.25, -0.2) is 9.18 Å².